The zero-order chi connectivity index (χ0) is 22.5. The van der Waals surface area contributed by atoms with Crippen LogP contribution in [0.2, 0.25) is 0 Å². The van der Waals surface area contributed by atoms with Crippen molar-refractivity contribution in [1.29, 1.82) is 0 Å². The first-order valence-corrected chi connectivity index (χ1v) is 9.91. The van der Waals surface area contributed by atoms with E-state index in [1.807, 2.05) is 24.3 Å². The summed E-state index contributed by atoms with van der Waals surface area (Å²) in [7, 11) is 0. The van der Waals surface area contributed by atoms with Gasteiger partial charge in [-0.15, -0.1) is 0 Å². The van der Waals surface area contributed by atoms with Crippen LogP contribution in [0.3, 0.4) is 0 Å². The van der Waals surface area contributed by atoms with Crippen molar-refractivity contribution in [2.75, 3.05) is 5.32 Å². The Morgan fingerprint density at radius 1 is 0.969 bits per heavy atom. The molecule has 3 aromatic carbocycles. The van der Waals surface area contributed by atoms with Crippen LogP contribution in [0.1, 0.15) is 21.5 Å². The van der Waals surface area contributed by atoms with Gasteiger partial charge in [0.2, 0.25) is 0 Å². The van der Waals surface area contributed by atoms with E-state index in [2.05, 4.69) is 10.3 Å². The summed E-state index contributed by atoms with van der Waals surface area (Å²) in [4.78, 5) is 29.8. The van der Waals surface area contributed by atoms with Crippen molar-refractivity contribution in [3.63, 3.8) is 0 Å². The second-order valence-electron chi connectivity index (χ2n) is 7.09. The molecule has 32 heavy (non-hydrogen) atoms. The Kier molecular flexibility index (Phi) is 6.03. The van der Waals surface area contributed by atoms with Gasteiger partial charge in [0.15, 0.2) is 0 Å². The molecule has 0 bridgehead atoms. The summed E-state index contributed by atoms with van der Waals surface area (Å²) in [5.41, 5.74) is 2.78. The Hall–Kier alpha value is -4.32. The van der Waals surface area contributed by atoms with Crippen molar-refractivity contribution in [2.24, 2.45) is 0 Å². The molecule has 1 aromatic heterocycles. The number of carbonyl (C=O) groups is 2. The predicted octanol–water partition coefficient (Wildman–Crippen LogP) is 5.55. The van der Waals surface area contributed by atoms with Crippen LogP contribution in [0.25, 0.3) is 17.0 Å². The molecule has 0 aliphatic rings. The van der Waals surface area contributed by atoms with E-state index < -0.39 is 11.9 Å². The number of aryl methyl sites for hydroxylation is 1. The van der Waals surface area contributed by atoms with Crippen molar-refractivity contribution in [3.05, 3.63) is 108 Å². The highest BCUT2D eigenvalue weighted by Gasteiger charge is 2.18. The number of para-hydroxylation sites is 1. The third-order valence-corrected chi connectivity index (χ3v) is 4.83. The summed E-state index contributed by atoms with van der Waals surface area (Å²) < 4.78 is 18.5. The normalized spacial score (nSPS) is 10.9. The van der Waals surface area contributed by atoms with Crippen molar-refractivity contribution < 1.29 is 18.7 Å². The van der Waals surface area contributed by atoms with Gasteiger partial charge in [0, 0.05) is 17.7 Å². The summed E-state index contributed by atoms with van der Waals surface area (Å²) in [5.74, 6) is -1.28. The van der Waals surface area contributed by atoms with Gasteiger partial charge in [0.25, 0.3) is 5.91 Å². The van der Waals surface area contributed by atoms with Gasteiger partial charge in [-0.25, -0.2) is 9.18 Å². The second-order valence-corrected chi connectivity index (χ2v) is 7.09. The lowest BCUT2D eigenvalue weighted by atomic mass is 10.1. The first kappa shape index (κ1) is 20.9. The van der Waals surface area contributed by atoms with Gasteiger partial charge >= 0.3 is 5.97 Å². The van der Waals surface area contributed by atoms with Crippen LogP contribution in [-0.2, 0) is 4.79 Å². The Balaban J connectivity index is 1.56. The number of nitrogens with zero attached hydrogens (tertiary/aromatic N) is 1. The van der Waals surface area contributed by atoms with Crippen molar-refractivity contribution in [1.82, 2.24) is 4.98 Å². The van der Waals surface area contributed by atoms with E-state index >= 15 is 0 Å². The molecule has 5 nitrogen and oxygen atoms in total. The minimum Gasteiger partial charge on any atom is -0.423 e. The third-order valence-electron chi connectivity index (χ3n) is 4.83. The highest BCUT2D eigenvalue weighted by Crippen LogP contribution is 2.26. The number of rotatable bonds is 5. The summed E-state index contributed by atoms with van der Waals surface area (Å²) >= 11 is 0. The molecule has 0 fully saturated rings. The van der Waals surface area contributed by atoms with E-state index in [0.717, 1.165) is 5.39 Å². The van der Waals surface area contributed by atoms with Gasteiger partial charge in [0.1, 0.15) is 11.6 Å². The second kappa shape index (κ2) is 9.22. The molecule has 0 aliphatic carbocycles. The fraction of sp³-hybridized carbons (Fsp3) is 0.0385. The molecular formula is C26H19FN2O3. The van der Waals surface area contributed by atoms with E-state index in [9.17, 15) is 14.0 Å². The van der Waals surface area contributed by atoms with Gasteiger partial charge in [-0.1, -0.05) is 42.5 Å². The molecule has 0 spiro atoms. The molecule has 1 heterocycles. The highest BCUT2D eigenvalue weighted by molar-refractivity contribution is 6.10. The molecular weight excluding hydrogens is 407 g/mol. The third kappa shape index (κ3) is 4.70. The molecule has 1 amide bonds. The maximum Gasteiger partial charge on any atom is 0.336 e. The predicted molar refractivity (Wildman–Crippen MR) is 122 cm³/mol. The fourth-order valence-corrected chi connectivity index (χ4v) is 3.29. The average molecular weight is 426 g/mol. The summed E-state index contributed by atoms with van der Waals surface area (Å²) in [6.45, 7) is 1.77. The lowest BCUT2D eigenvalue weighted by Gasteiger charge is -2.13. The van der Waals surface area contributed by atoms with Gasteiger partial charge in [-0.3, -0.25) is 9.78 Å². The smallest absolute Gasteiger partial charge is 0.336 e. The largest absolute Gasteiger partial charge is 0.423 e. The minimum atomic E-state index is -0.652. The summed E-state index contributed by atoms with van der Waals surface area (Å²) in [6.07, 6.45) is 4.40. The Morgan fingerprint density at radius 3 is 2.53 bits per heavy atom. The van der Waals surface area contributed by atoms with Crippen molar-refractivity contribution in [3.8, 4) is 5.75 Å². The molecule has 0 saturated carbocycles. The van der Waals surface area contributed by atoms with Gasteiger partial charge in [0.05, 0.1) is 16.8 Å². The quantitative estimate of drug-likeness (QED) is 0.258. The number of carbonyl (C=O) groups excluding carboxylic acids is 2. The van der Waals surface area contributed by atoms with Crippen LogP contribution in [0.15, 0.2) is 85.1 Å². The lowest BCUT2D eigenvalue weighted by molar-refractivity contribution is -0.128. The van der Waals surface area contributed by atoms with Gasteiger partial charge in [-0.2, -0.15) is 0 Å². The van der Waals surface area contributed by atoms with E-state index in [0.29, 0.717) is 22.3 Å². The molecule has 0 unspecified atom stereocenters. The Labute approximate surface area is 184 Å². The number of hydrogen-bond acceptors (Lipinski definition) is 4. The molecule has 0 radical (unpaired) electrons. The fourth-order valence-electron chi connectivity index (χ4n) is 3.29. The zero-order valence-electron chi connectivity index (χ0n) is 17.2. The van der Waals surface area contributed by atoms with Crippen LogP contribution in [-0.4, -0.2) is 16.9 Å². The monoisotopic (exact) mass is 426 g/mol. The Morgan fingerprint density at radius 2 is 1.72 bits per heavy atom. The number of halogens is 1. The maximum absolute atomic E-state index is 13.1. The van der Waals surface area contributed by atoms with Crippen LogP contribution in [0, 0.1) is 12.7 Å². The topological polar surface area (TPSA) is 68.3 Å². The molecule has 4 rings (SSSR count). The van der Waals surface area contributed by atoms with Crippen LogP contribution < -0.4 is 10.1 Å². The van der Waals surface area contributed by atoms with E-state index in [1.54, 1.807) is 49.5 Å². The average Bonchev–Trinajstić information content (AvgIpc) is 2.79. The van der Waals surface area contributed by atoms with E-state index in [-0.39, 0.29) is 17.1 Å². The molecule has 0 atom stereocenters. The van der Waals surface area contributed by atoms with Gasteiger partial charge < -0.3 is 10.1 Å². The standard InChI is InChI=1S/C26H19FN2O3/c1-17-5-2-9-22(32-23(30)15-12-18-10-13-20(27)14-11-18)24(17)26(31)29-21-8-3-6-19-7-4-16-28-25(19)21/h2-16H,1H3,(H,29,31)/b15-12+. The lowest BCUT2D eigenvalue weighted by Crippen LogP contribution is -2.17. The van der Waals surface area contributed by atoms with Crippen molar-refractivity contribution >= 4 is 34.5 Å². The first-order chi connectivity index (χ1) is 15.5. The zero-order valence-corrected chi connectivity index (χ0v) is 17.2. The number of pyridine rings is 1. The molecule has 6 heteroatoms. The van der Waals surface area contributed by atoms with Crippen LogP contribution in [0.5, 0.6) is 5.75 Å². The maximum atomic E-state index is 13.1. The summed E-state index contributed by atoms with van der Waals surface area (Å²) in [6, 6.07) is 20.0. The SMILES string of the molecule is Cc1cccc(OC(=O)/C=C/c2ccc(F)cc2)c1C(=O)Nc1cccc2cccnc12. The number of amides is 1. The number of hydrogen-bond donors (Lipinski definition) is 1. The van der Waals surface area contributed by atoms with Gasteiger partial charge in [-0.05, 0) is 54.5 Å². The number of fused-ring (bicyclic) bond motifs is 1. The molecule has 0 aliphatic heterocycles. The number of aromatic nitrogens is 1. The molecule has 4 aromatic rings. The molecule has 1 N–H and O–H groups in total. The van der Waals surface area contributed by atoms with Crippen molar-refractivity contribution in [2.45, 2.75) is 6.92 Å². The highest BCUT2D eigenvalue weighted by atomic mass is 19.1. The minimum absolute atomic E-state index is 0.143. The van der Waals surface area contributed by atoms with Crippen LogP contribution in [0.4, 0.5) is 10.1 Å². The molecule has 158 valence electrons. The summed E-state index contributed by atoms with van der Waals surface area (Å²) in [5, 5.41) is 3.77. The number of esters is 1. The van der Waals surface area contributed by atoms with E-state index in [4.69, 9.17) is 4.74 Å². The van der Waals surface area contributed by atoms with Crippen LogP contribution >= 0.6 is 0 Å². The number of benzene rings is 3. The molecule has 0 saturated heterocycles. The number of anilines is 1. The number of ether oxygens (including phenoxy) is 1. The Bertz CT molecular complexity index is 1330. The first-order valence-electron chi connectivity index (χ1n) is 9.91. The number of nitrogens with one attached hydrogen (secondary N) is 1. The van der Waals surface area contributed by atoms with E-state index in [1.165, 1.54) is 24.3 Å².